The van der Waals surface area contributed by atoms with Gasteiger partial charge in [-0.05, 0) is 35.7 Å². The Balaban J connectivity index is 2.12. The van der Waals surface area contributed by atoms with Crippen LogP contribution in [-0.2, 0) is 13.0 Å². The van der Waals surface area contributed by atoms with Crippen LogP contribution >= 0.6 is 0 Å². The summed E-state index contributed by atoms with van der Waals surface area (Å²) < 4.78 is 13.3. The molecule has 0 aliphatic carbocycles. The zero-order valence-corrected chi connectivity index (χ0v) is 11.1. The first-order valence-electron chi connectivity index (χ1n) is 6.35. The van der Waals surface area contributed by atoms with Crippen molar-refractivity contribution in [2.45, 2.75) is 19.9 Å². The number of hydrogen-bond donors (Lipinski definition) is 1. The number of hydrogen-bond acceptors (Lipinski definition) is 3. The average Bonchev–Trinajstić information content (AvgIpc) is 2.44. The Morgan fingerprint density at radius 1 is 1.20 bits per heavy atom. The number of halogens is 1. The second-order valence-electron chi connectivity index (χ2n) is 4.48. The van der Waals surface area contributed by atoms with Crippen LogP contribution < -0.4 is 5.32 Å². The summed E-state index contributed by atoms with van der Waals surface area (Å²) in [6.07, 6.45) is 0.932. The highest BCUT2D eigenvalue weighted by atomic mass is 19.1. The van der Waals surface area contributed by atoms with Gasteiger partial charge < -0.3 is 5.32 Å². The molecule has 0 bridgehead atoms. The SMILES string of the molecule is CCc1cccc(NCc2cc(F)cc([N+](=O)[O-])c2)c1. The summed E-state index contributed by atoms with van der Waals surface area (Å²) in [6.45, 7) is 2.40. The van der Waals surface area contributed by atoms with Gasteiger partial charge in [-0.3, -0.25) is 10.1 Å². The van der Waals surface area contributed by atoms with Gasteiger partial charge in [0.25, 0.3) is 5.69 Å². The largest absolute Gasteiger partial charge is 0.381 e. The number of rotatable bonds is 5. The van der Waals surface area contributed by atoms with Crippen LogP contribution in [-0.4, -0.2) is 4.92 Å². The fraction of sp³-hybridized carbons (Fsp3) is 0.200. The Labute approximate surface area is 116 Å². The van der Waals surface area contributed by atoms with E-state index in [0.29, 0.717) is 12.1 Å². The minimum absolute atomic E-state index is 0.232. The van der Waals surface area contributed by atoms with E-state index in [2.05, 4.69) is 12.2 Å². The molecule has 20 heavy (non-hydrogen) atoms. The number of non-ortho nitro benzene ring substituents is 1. The van der Waals surface area contributed by atoms with Crippen molar-refractivity contribution in [1.29, 1.82) is 0 Å². The van der Waals surface area contributed by atoms with E-state index in [1.165, 1.54) is 17.7 Å². The van der Waals surface area contributed by atoms with Crippen molar-refractivity contribution < 1.29 is 9.31 Å². The van der Waals surface area contributed by atoms with E-state index in [1.807, 2.05) is 24.3 Å². The van der Waals surface area contributed by atoms with Crippen LogP contribution in [0.5, 0.6) is 0 Å². The molecule has 2 aromatic carbocycles. The fourth-order valence-corrected chi connectivity index (χ4v) is 1.95. The maximum atomic E-state index is 13.3. The topological polar surface area (TPSA) is 55.2 Å². The van der Waals surface area contributed by atoms with Gasteiger partial charge in [0, 0.05) is 18.3 Å². The van der Waals surface area contributed by atoms with Crippen molar-refractivity contribution in [1.82, 2.24) is 0 Å². The smallest absolute Gasteiger partial charge is 0.272 e. The Bertz CT molecular complexity index is 629. The molecule has 0 radical (unpaired) electrons. The first-order valence-corrected chi connectivity index (χ1v) is 6.35. The molecule has 0 amide bonds. The summed E-state index contributed by atoms with van der Waals surface area (Å²) in [5.41, 5.74) is 2.42. The molecule has 0 saturated carbocycles. The number of benzene rings is 2. The number of nitrogens with zero attached hydrogens (tertiary/aromatic N) is 1. The molecule has 5 heteroatoms. The zero-order chi connectivity index (χ0) is 14.5. The lowest BCUT2D eigenvalue weighted by atomic mass is 10.1. The van der Waals surface area contributed by atoms with Crippen molar-refractivity contribution in [2.75, 3.05) is 5.32 Å². The maximum absolute atomic E-state index is 13.3. The predicted octanol–water partition coefficient (Wildman–Crippen LogP) is 3.91. The molecule has 0 atom stereocenters. The third-order valence-electron chi connectivity index (χ3n) is 2.99. The van der Waals surface area contributed by atoms with Crippen molar-refractivity contribution in [3.05, 3.63) is 69.5 Å². The van der Waals surface area contributed by atoms with Gasteiger partial charge in [0.15, 0.2) is 0 Å². The Morgan fingerprint density at radius 2 is 2.00 bits per heavy atom. The Hall–Kier alpha value is -2.43. The minimum Gasteiger partial charge on any atom is -0.381 e. The standard InChI is InChI=1S/C15H15FN2O2/c1-2-11-4-3-5-14(7-11)17-10-12-6-13(16)9-15(8-12)18(19)20/h3-9,17H,2,10H2,1H3. The molecule has 2 rings (SSSR count). The summed E-state index contributed by atoms with van der Waals surface area (Å²) in [6, 6.07) is 11.5. The van der Waals surface area contributed by atoms with Crippen LogP contribution in [0.4, 0.5) is 15.8 Å². The van der Waals surface area contributed by atoms with Gasteiger partial charge in [0.2, 0.25) is 0 Å². The summed E-state index contributed by atoms with van der Waals surface area (Å²) in [5, 5.41) is 13.8. The molecule has 104 valence electrons. The van der Waals surface area contributed by atoms with Crippen LogP contribution in [0, 0.1) is 15.9 Å². The highest BCUT2D eigenvalue weighted by molar-refractivity contribution is 5.47. The van der Waals surface area contributed by atoms with E-state index >= 15 is 0 Å². The molecule has 4 nitrogen and oxygen atoms in total. The molecule has 0 saturated heterocycles. The van der Waals surface area contributed by atoms with Crippen molar-refractivity contribution >= 4 is 11.4 Å². The lowest BCUT2D eigenvalue weighted by Gasteiger charge is -2.08. The number of aryl methyl sites for hydroxylation is 1. The average molecular weight is 274 g/mol. The molecule has 0 spiro atoms. The van der Waals surface area contributed by atoms with Crippen LogP contribution in [0.2, 0.25) is 0 Å². The molecular formula is C15H15FN2O2. The first kappa shape index (κ1) is 14.0. The Morgan fingerprint density at radius 3 is 2.70 bits per heavy atom. The first-order chi connectivity index (χ1) is 9.58. The van der Waals surface area contributed by atoms with E-state index in [0.717, 1.165) is 18.2 Å². The number of nitrogens with one attached hydrogen (secondary N) is 1. The molecule has 0 fully saturated rings. The van der Waals surface area contributed by atoms with E-state index in [1.54, 1.807) is 0 Å². The lowest BCUT2D eigenvalue weighted by Crippen LogP contribution is -2.01. The summed E-state index contributed by atoms with van der Waals surface area (Å²) in [4.78, 5) is 10.1. The lowest BCUT2D eigenvalue weighted by molar-refractivity contribution is -0.385. The van der Waals surface area contributed by atoms with Crippen LogP contribution in [0.25, 0.3) is 0 Å². The summed E-state index contributed by atoms with van der Waals surface area (Å²) >= 11 is 0. The van der Waals surface area contributed by atoms with E-state index in [-0.39, 0.29) is 5.69 Å². The maximum Gasteiger partial charge on any atom is 0.272 e. The van der Waals surface area contributed by atoms with Gasteiger partial charge in [-0.15, -0.1) is 0 Å². The molecule has 0 aliphatic rings. The third kappa shape index (κ3) is 3.54. The highest BCUT2D eigenvalue weighted by Gasteiger charge is 2.09. The number of anilines is 1. The molecule has 0 unspecified atom stereocenters. The van der Waals surface area contributed by atoms with E-state index in [9.17, 15) is 14.5 Å². The van der Waals surface area contributed by atoms with Crippen LogP contribution in [0.15, 0.2) is 42.5 Å². The monoisotopic (exact) mass is 274 g/mol. The van der Waals surface area contributed by atoms with Crippen LogP contribution in [0.1, 0.15) is 18.1 Å². The molecular weight excluding hydrogens is 259 g/mol. The molecule has 0 aliphatic heterocycles. The fourth-order valence-electron chi connectivity index (χ4n) is 1.95. The molecule has 2 aromatic rings. The summed E-state index contributed by atoms with van der Waals surface area (Å²) in [5.74, 6) is -0.599. The highest BCUT2D eigenvalue weighted by Crippen LogP contribution is 2.18. The summed E-state index contributed by atoms with van der Waals surface area (Å²) in [7, 11) is 0. The second kappa shape index (κ2) is 6.14. The number of nitro groups is 1. The zero-order valence-electron chi connectivity index (χ0n) is 11.1. The van der Waals surface area contributed by atoms with Crippen molar-refractivity contribution in [3.8, 4) is 0 Å². The number of nitro benzene ring substituents is 1. The van der Waals surface area contributed by atoms with E-state index in [4.69, 9.17) is 0 Å². The van der Waals surface area contributed by atoms with Gasteiger partial charge in [0.1, 0.15) is 5.82 Å². The van der Waals surface area contributed by atoms with Crippen molar-refractivity contribution in [2.24, 2.45) is 0 Å². The minimum atomic E-state index is -0.599. The van der Waals surface area contributed by atoms with Gasteiger partial charge in [-0.25, -0.2) is 4.39 Å². The molecule has 0 heterocycles. The van der Waals surface area contributed by atoms with Gasteiger partial charge >= 0.3 is 0 Å². The Kier molecular flexibility index (Phi) is 4.30. The van der Waals surface area contributed by atoms with Gasteiger partial charge in [0.05, 0.1) is 11.0 Å². The van der Waals surface area contributed by atoms with Crippen LogP contribution in [0.3, 0.4) is 0 Å². The second-order valence-corrected chi connectivity index (χ2v) is 4.48. The predicted molar refractivity (Wildman–Crippen MR) is 76.2 cm³/mol. The quantitative estimate of drug-likeness (QED) is 0.664. The molecule has 1 N–H and O–H groups in total. The van der Waals surface area contributed by atoms with Gasteiger partial charge in [-0.2, -0.15) is 0 Å². The van der Waals surface area contributed by atoms with Crippen molar-refractivity contribution in [3.63, 3.8) is 0 Å². The van der Waals surface area contributed by atoms with Gasteiger partial charge in [-0.1, -0.05) is 19.1 Å². The van der Waals surface area contributed by atoms with E-state index < -0.39 is 10.7 Å². The normalized spacial score (nSPS) is 10.3. The third-order valence-corrected chi connectivity index (χ3v) is 2.99. The molecule has 0 aromatic heterocycles.